The van der Waals surface area contributed by atoms with Crippen molar-refractivity contribution in [3.8, 4) is 0 Å². The molecular formula is C21H23N5O2. The average Bonchev–Trinajstić information content (AvgIpc) is 2.75. The Kier molecular flexibility index (Phi) is 5.08. The lowest BCUT2D eigenvalue weighted by atomic mass is 10.1. The van der Waals surface area contributed by atoms with Gasteiger partial charge < -0.3 is 20.1 Å². The zero-order valence-corrected chi connectivity index (χ0v) is 15.8. The molecule has 2 N–H and O–H groups in total. The molecular weight excluding hydrogens is 354 g/mol. The van der Waals surface area contributed by atoms with E-state index in [4.69, 9.17) is 0 Å². The lowest BCUT2D eigenvalue weighted by molar-refractivity contribution is 0.102. The normalized spacial score (nSPS) is 15.0. The molecule has 7 heteroatoms. The summed E-state index contributed by atoms with van der Waals surface area (Å²) in [5.74, 6) is -0.225. The van der Waals surface area contributed by atoms with Gasteiger partial charge in [-0.3, -0.25) is 9.59 Å². The third-order valence-corrected chi connectivity index (χ3v) is 5.23. The summed E-state index contributed by atoms with van der Waals surface area (Å²) in [5.41, 5.74) is 2.47. The number of H-pyrrole nitrogens is 1. The Morgan fingerprint density at radius 1 is 1.11 bits per heavy atom. The maximum atomic E-state index is 12.7. The highest BCUT2D eigenvalue weighted by Gasteiger charge is 2.16. The highest BCUT2D eigenvalue weighted by Crippen LogP contribution is 2.21. The van der Waals surface area contributed by atoms with Crippen molar-refractivity contribution < 1.29 is 4.79 Å². The highest BCUT2D eigenvalue weighted by atomic mass is 16.1. The van der Waals surface area contributed by atoms with Crippen LogP contribution in [-0.4, -0.2) is 53.5 Å². The van der Waals surface area contributed by atoms with Crippen LogP contribution < -0.4 is 15.8 Å². The molecule has 1 fully saturated rings. The molecule has 0 unspecified atom stereocenters. The van der Waals surface area contributed by atoms with Gasteiger partial charge >= 0.3 is 0 Å². The van der Waals surface area contributed by atoms with E-state index in [1.165, 1.54) is 6.33 Å². The third-order valence-electron chi connectivity index (χ3n) is 5.23. The number of piperazine rings is 1. The zero-order chi connectivity index (χ0) is 19.5. The van der Waals surface area contributed by atoms with Crippen molar-refractivity contribution in [2.24, 2.45) is 0 Å². The Labute approximate surface area is 163 Å². The molecule has 144 valence electrons. The lowest BCUT2D eigenvalue weighted by Crippen LogP contribution is -2.46. The second kappa shape index (κ2) is 7.82. The Hall–Kier alpha value is -3.19. The van der Waals surface area contributed by atoms with Gasteiger partial charge in [-0.1, -0.05) is 13.0 Å². The first-order valence-corrected chi connectivity index (χ1v) is 9.51. The van der Waals surface area contributed by atoms with Crippen molar-refractivity contribution in [3.05, 3.63) is 64.7 Å². The number of benzene rings is 2. The number of hydrogen-bond acceptors (Lipinski definition) is 5. The zero-order valence-electron chi connectivity index (χ0n) is 15.8. The van der Waals surface area contributed by atoms with Crippen molar-refractivity contribution in [2.75, 3.05) is 42.9 Å². The molecule has 7 nitrogen and oxygen atoms in total. The van der Waals surface area contributed by atoms with Gasteiger partial charge in [0, 0.05) is 37.4 Å². The molecule has 4 rings (SSSR count). The van der Waals surface area contributed by atoms with Gasteiger partial charge in [0.1, 0.15) is 5.52 Å². The van der Waals surface area contributed by atoms with Crippen LogP contribution in [0.2, 0.25) is 0 Å². The van der Waals surface area contributed by atoms with E-state index >= 15 is 0 Å². The molecule has 3 aromatic rings. The number of carbonyl (C=O) groups is 1. The van der Waals surface area contributed by atoms with Crippen LogP contribution in [0, 0.1) is 0 Å². The molecule has 2 heterocycles. The number of amides is 1. The molecule has 0 atom stereocenters. The number of likely N-dealkylation sites (N-methyl/N-ethyl adjacent to an activating group) is 1. The fourth-order valence-electron chi connectivity index (χ4n) is 3.54. The van der Waals surface area contributed by atoms with Gasteiger partial charge in [0.2, 0.25) is 0 Å². The molecule has 28 heavy (non-hydrogen) atoms. The second-order valence-electron chi connectivity index (χ2n) is 6.86. The SMILES string of the molecule is CCN1CCN(c2ccc(C(=O)Nc3cccc4c(=O)[nH]cnc34)cc2)CC1. The minimum atomic E-state index is -0.228. The minimum absolute atomic E-state index is 0.225. The van der Waals surface area contributed by atoms with E-state index in [0.29, 0.717) is 22.2 Å². The van der Waals surface area contributed by atoms with E-state index in [1.54, 1.807) is 18.2 Å². The van der Waals surface area contributed by atoms with Crippen LogP contribution in [0.25, 0.3) is 10.9 Å². The van der Waals surface area contributed by atoms with Crippen molar-refractivity contribution in [2.45, 2.75) is 6.92 Å². The maximum Gasteiger partial charge on any atom is 0.258 e. The van der Waals surface area contributed by atoms with Crippen LogP contribution in [0.3, 0.4) is 0 Å². The van der Waals surface area contributed by atoms with Crippen molar-refractivity contribution >= 4 is 28.2 Å². The van der Waals surface area contributed by atoms with E-state index in [2.05, 4.69) is 32.0 Å². The number of rotatable bonds is 4. The second-order valence-corrected chi connectivity index (χ2v) is 6.86. The number of carbonyl (C=O) groups excluding carboxylic acids is 1. The summed E-state index contributed by atoms with van der Waals surface area (Å²) in [6, 6.07) is 12.8. The van der Waals surface area contributed by atoms with Crippen LogP contribution >= 0.6 is 0 Å². The van der Waals surface area contributed by atoms with E-state index in [-0.39, 0.29) is 11.5 Å². The predicted octanol–water partition coefficient (Wildman–Crippen LogP) is 2.32. The molecule has 0 bridgehead atoms. The van der Waals surface area contributed by atoms with Gasteiger partial charge in [0.15, 0.2) is 0 Å². The fourth-order valence-corrected chi connectivity index (χ4v) is 3.54. The van der Waals surface area contributed by atoms with Gasteiger partial charge in [-0.25, -0.2) is 4.98 Å². The Morgan fingerprint density at radius 3 is 2.57 bits per heavy atom. The van der Waals surface area contributed by atoms with Crippen LogP contribution in [0.1, 0.15) is 17.3 Å². The Morgan fingerprint density at radius 2 is 1.86 bits per heavy atom. The van der Waals surface area contributed by atoms with E-state index < -0.39 is 0 Å². The third kappa shape index (κ3) is 3.61. The summed E-state index contributed by atoms with van der Waals surface area (Å²) in [4.78, 5) is 36.1. The van der Waals surface area contributed by atoms with E-state index in [1.807, 2.05) is 24.3 Å². The quantitative estimate of drug-likeness (QED) is 0.729. The summed E-state index contributed by atoms with van der Waals surface area (Å²) in [6.07, 6.45) is 1.34. The first-order valence-electron chi connectivity index (χ1n) is 9.51. The average molecular weight is 377 g/mol. The van der Waals surface area contributed by atoms with Gasteiger partial charge in [-0.15, -0.1) is 0 Å². The highest BCUT2D eigenvalue weighted by molar-refractivity contribution is 6.08. The number of para-hydroxylation sites is 1. The number of aromatic amines is 1. The van der Waals surface area contributed by atoms with Gasteiger partial charge in [0.25, 0.3) is 11.5 Å². The van der Waals surface area contributed by atoms with Crippen LogP contribution in [0.4, 0.5) is 11.4 Å². The minimum Gasteiger partial charge on any atom is -0.369 e. The smallest absolute Gasteiger partial charge is 0.258 e. The number of anilines is 2. The number of nitrogens with one attached hydrogen (secondary N) is 2. The molecule has 0 saturated carbocycles. The first-order chi connectivity index (χ1) is 13.7. The van der Waals surface area contributed by atoms with Gasteiger partial charge in [0.05, 0.1) is 17.4 Å². The van der Waals surface area contributed by atoms with Gasteiger partial charge in [-0.2, -0.15) is 0 Å². The van der Waals surface area contributed by atoms with Crippen molar-refractivity contribution in [1.82, 2.24) is 14.9 Å². The fraction of sp³-hybridized carbons (Fsp3) is 0.286. The molecule has 1 aliphatic rings. The molecule has 1 saturated heterocycles. The van der Waals surface area contributed by atoms with E-state index in [0.717, 1.165) is 38.4 Å². The standard InChI is InChI=1S/C21H23N5O2/c1-2-25-10-12-26(13-11-25)16-8-6-15(7-9-16)20(27)24-18-5-3-4-17-19(18)22-14-23-21(17)28/h3-9,14H,2,10-13H2,1H3,(H,24,27)(H,22,23,28). The first kappa shape index (κ1) is 18.2. The predicted molar refractivity (Wildman–Crippen MR) is 111 cm³/mol. The summed E-state index contributed by atoms with van der Waals surface area (Å²) < 4.78 is 0. The topological polar surface area (TPSA) is 81.3 Å². The summed E-state index contributed by atoms with van der Waals surface area (Å²) in [6.45, 7) is 7.38. The molecule has 0 radical (unpaired) electrons. The van der Waals surface area contributed by atoms with Crippen molar-refractivity contribution in [1.29, 1.82) is 0 Å². The monoisotopic (exact) mass is 377 g/mol. The molecule has 2 aromatic carbocycles. The maximum absolute atomic E-state index is 12.7. The van der Waals surface area contributed by atoms with Crippen LogP contribution in [0.15, 0.2) is 53.6 Å². The molecule has 1 aromatic heterocycles. The van der Waals surface area contributed by atoms with Gasteiger partial charge in [-0.05, 0) is 42.9 Å². The summed E-state index contributed by atoms with van der Waals surface area (Å²) >= 11 is 0. The molecule has 1 amide bonds. The number of hydrogen-bond donors (Lipinski definition) is 2. The Bertz CT molecular complexity index is 1040. The number of nitrogens with zero attached hydrogens (tertiary/aromatic N) is 3. The number of fused-ring (bicyclic) bond motifs is 1. The largest absolute Gasteiger partial charge is 0.369 e. The van der Waals surface area contributed by atoms with Crippen LogP contribution in [-0.2, 0) is 0 Å². The van der Waals surface area contributed by atoms with Crippen molar-refractivity contribution in [3.63, 3.8) is 0 Å². The van der Waals surface area contributed by atoms with Crippen LogP contribution in [0.5, 0.6) is 0 Å². The van der Waals surface area contributed by atoms with E-state index in [9.17, 15) is 9.59 Å². The molecule has 1 aliphatic heterocycles. The summed E-state index contributed by atoms with van der Waals surface area (Å²) in [7, 11) is 0. The molecule has 0 spiro atoms. The lowest BCUT2D eigenvalue weighted by Gasteiger charge is -2.35. The number of aromatic nitrogens is 2. The Balaban J connectivity index is 1.49. The summed E-state index contributed by atoms with van der Waals surface area (Å²) in [5, 5.41) is 3.31. The molecule has 0 aliphatic carbocycles.